The Kier molecular flexibility index (Phi) is 14.0. The van der Waals surface area contributed by atoms with Gasteiger partial charge < -0.3 is 18.9 Å². The molecule has 0 aromatic heterocycles. The van der Waals surface area contributed by atoms with E-state index >= 15 is 0 Å². The Balaban J connectivity index is 0.000000391. The van der Waals surface area contributed by atoms with Gasteiger partial charge in [0.25, 0.3) is 0 Å². The van der Waals surface area contributed by atoms with Crippen molar-refractivity contribution in [3.8, 4) is 0 Å². The van der Waals surface area contributed by atoms with E-state index in [4.69, 9.17) is 18.9 Å². The van der Waals surface area contributed by atoms with E-state index in [1.807, 2.05) is 55.4 Å². The molecule has 0 bridgehead atoms. The van der Waals surface area contributed by atoms with Gasteiger partial charge in [0.1, 0.15) is 11.2 Å². The minimum Gasteiger partial charge on any atom is -0.457 e. The van der Waals surface area contributed by atoms with Crippen LogP contribution in [-0.4, -0.2) is 48.3 Å². The van der Waals surface area contributed by atoms with Crippen LogP contribution in [0.15, 0.2) is 0 Å². The van der Waals surface area contributed by atoms with Gasteiger partial charge in [0.05, 0.1) is 10.8 Å². The third-order valence-electron chi connectivity index (χ3n) is 8.53. The first-order valence-electron chi connectivity index (χ1n) is 14.9. The van der Waals surface area contributed by atoms with Gasteiger partial charge in [-0.05, 0) is 105 Å². The van der Waals surface area contributed by atoms with Crippen LogP contribution in [0.3, 0.4) is 0 Å². The molecule has 2 saturated carbocycles. The maximum Gasteiger partial charge on any atom is 0.344 e. The van der Waals surface area contributed by atoms with Crippen LogP contribution in [0.25, 0.3) is 0 Å². The third kappa shape index (κ3) is 11.9. The van der Waals surface area contributed by atoms with Crippen molar-refractivity contribution in [3.63, 3.8) is 0 Å². The van der Waals surface area contributed by atoms with Gasteiger partial charge >= 0.3 is 23.9 Å². The molecule has 0 N–H and O–H groups in total. The van der Waals surface area contributed by atoms with E-state index in [1.165, 1.54) is 12.8 Å². The summed E-state index contributed by atoms with van der Waals surface area (Å²) in [5, 5.41) is 0. The maximum absolute atomic E-state index is 11.9. The molecule has 2 aliphatic rings. The van der Waals surface area contributed by atoms with Crippen LogP contribution in [0, 0.1) is 10.8 Å². The highest BCUT2D eigenvalue weighted by molar-refractivity contribution is 5.80. The quantitative estimate of drug-likeness (QED) is 0.202. The Bertz CT molecular complexity index is 801. The van der Waals surface area contributed by atoms with Gasteiger partial charge in [-0.25, -0.2) is 9.59 Å². The van der Waals surface area contributed by atoms with Gasteiger partial charge in [-0.15, -0.1) is 0 Å². The third-order valence-corrected chi connectivity index (χ3v) is 8.53. The van der Waals surface area contributed by atoms with E-state index in [9.17, 15) is 19.2 Å². The summed E-state index contributed by atoms with van der Waals surface area (Å²) in [6, 6.07) is 0. The molecule has 0 saturated heterocycles. The summed E-state index contributed by atoms with van der Waals surface area (Å²) in [6.07, 6.45) is 12.6. The van der Waals surface area contributed by atoms with Gasteiger partial charge in [0, 0.05) is 0 Å². The van der Waals surface area contributed by atoms with Gasteiger partial charge in [-0.2, -0.15) is 0 Å². The lowest BCUT2D eigenvalue weighted by molar-refractivity contribution is -0.176. The number of carbonyl (C=O) groups excluding carboxylic acids is 4. The molecular formula is C31H54O8. The van der Waals surface area contributed by atoms with Crippen LogP contribution in [0.2, 0.25) is 0 Å². The van der Waals surface area contributed by atoms with Crippen molar-refractivity contribution in [1.29, 1.82) is 0 Å². The summed E-state index contributed by atoms with van der Waals surface area (Å²) < 4.78 is 21.2. The average Bonchev–Trinajstić information content (AvgIpc) is 2.91. The van der Waals surface area contributed by atoms with Crippen molar-refractivity contribution in [2.75, 3.05) is 13.2 Å². The van der Waals surface area contributed by atoms with Crippen LogP contribution in [0.4, 0.5) is 0 Å². The van der Waals surface area contributed by atoms with Gasteiger partial charge in [0.2, 0.25) is 0 Å². The predicted molar refractivity (Wildman–Crippen MR) is 150 cm³/mol. The molecule has 8 heteroatoms. The molecule has 0 unspecified atom stereocenters. The first kappa shape index (κ1) is 34.9. The van der Waals surface area contributed by atoms with E-state index in [-0.39, 0.29) is 36.4 Å². The second kappa shape index (κ2) is 15.6. The average molecular weight is 555 g/mol. The molecule has 0 aromatic rings. The molecule has 2 fully saturated rings. The van der Waals surface area contributed by atoms with Crippen molar-refractivity contribution in [3.05, 3.63) is 0 Å². The Morgan fingerprint density at radius 2 is 1.00 bits per heavy atom. The standard InChI is InChI=1S/C16H28O4.C15H26O4/c1-5-15(3,4)14(18)19-12-13(17)20-16(6-2)10-8-7-9-11-16;1-5-14(2,3)13(17)18-11-12(16)19-15(4)9-7-6-8-10-15/h5-12H2,1-4H3;5-11H2,1-4H3. The molecule has 0 atom stereocenters. The summed E-state index contributed by atoms with van der Waals surface area (Å²) in [5.41, 5.74) is -1.80. The highest BCUT2D eigenvalue weighted by Crippen LogP contribution is 2.34. The van der Waals surface area contributed by atoms with Gasteiger partial charge in [-0.3, -0.25) is 9.59 Å². The SMILES string of the molecule is CCC(C)(C)C(=O)OCC(=O)OC1(C)CCCCC1.CCC1(OC(=O)COC(=O)C(C)(C)CC)CCCCC1. The smallest absolute Gasteiger partial charge is 0.344 e. The Morgan fingerprint density at radius 1 is 0.615 bits per heavy atom. The summed E-state index contributed by atoms with van der Waals surface area (Å²) in [6.45, 7) is 14.5. The van der Waals surface area contributed by atoms with Crippen molar-refractivity contribution in [2.45, 2.75) is 150 Å². The monoisotopic (exact) mass is 554 g/mol. The topological polar surface area (TPSA) is 105 Å². The molecule has 2 aliphatic carbocycles. The fraction of sp³-hybridized carbons (Fsp3) is 0.871. The lowest BCUT2D eigenvalue weighted by atomic mass is 9.83. The van der Waals surface area contributed by atoms with Crippen molar-refractivity contribution in [1.82, 2.24) is 0 Å². The minimum absolute atomic E-state index is 0.274. The number of ether oxygens (including phenoxy) is 4. The predicted octanol–water partition coefficient (Wildman–Crippen LogP) is 6.85. The van der Waals surface area contributed by atoms with Crippen LogP contribution < -0.4 is 0 Å². The van der Waals surface area contributed by atoms with Gasteiger partial charge in [-0.1, -0.05) is 33.6 Å². The lowest BCUT2D eigenvalue weighted by Gasteiger charge is -2.36. The normalized spacial score (nSPS) is 18.6. The summed E-state index contributed by atoms with van der Waals surface area (Å²) in [4.78, 5) is 47.2. The molecule has 0 heterocycles. The van der Waals surface area contributed by atoms with Crippen LogP contribution in [0.5, 0.6) is 0 Å². The molecule has 0 radical (unpaired) electrons. The molecule has 39 heavy (non-hydrogen) atoms. The van der Waals surface area contributed by atoms with Crippen molar-refractivity contribution in [2.24, 2.45) is 10.8 Å². The molecule has 0 spiro atoms. The zero-order valence-corrected chi connectivity index (χ0v) is 25.9. The molecule has 2 rings (SSSR count). The minimum atomic E-state index is -0.548. The number of rotatable bonds is 11. The Morgan fingerprint density at radius 3 is 1.38 bits per heavy atom. The zero-order valence-electron chi connectivity index (χ0n) is 25.9. The van der Waals surface area contributed by atoms with E-state index in [0.29, 0.717) is 12.8 Å². The number of carbonyl (C=O) groups is 4. The zero-order chi connectivity index (χ0) is 29.7. The highest BCUT2D eigenvalue weighted by atomic mass is 16.6. The number of hydrogen-bond donors (Lipinski definition) is 0. The highest BCUT2D eigenvalue weighted by Gasteiger charge is 2.35. The van der Waals surface area contributed by atoms with Crippen molar-refractivity contribution >= 4 is 23.9 Å². The molecule has 8 nitrogen and oxygen atoms in total. The fourth-order valence-corrected chi connectivity index (χ4v) is 4.63. The van der Waals surface area contributed by atoms with Crippen molar-refractivity contribution < 1.29 is 38.1 Å². The Hall–Kier alpha value is -2.12. The van der Waals surface area contributed by atoms with Crippen LogP contribution in [-0.2, 0) is 38.1 Å². The molecular weight excluding hydrogens is 500 g/mol. The fourth-order valence-electron chi connectivity index (χ4n) is 4.63. The first-order valence-corrected chi connectivity index (χ1v) is 14.9. The van der Waals surface area contributed by atoms with E-state index in [2.05, 4.69) is 0 Å². The van der Waals surface area contributed by atoms with E-state index in [0.717, 1.165) is 57.8 Å². The summed E-state index contributed by atoms with van der Waals surface area (Å²) in [7, 11) is 0. The molecule has 0 amide bonds. The number of hydrogen-bond acceptors (Lipinski definition) is 8. The Labute approximate surface area is 236 Å². The maximum atomic E-state index is 11.9. The first-order chi connectivity index (χ1) is 18.1. The lowest BCUT2D eigenvalue weighted by Crippen LogP contribution is -2.38. The van der Waals surface area contributed by atoms with Gasteiger partial charge in [0.15, 0.2) is 13.2 Å². The molecule has 0 aromatic carbocycles. The summed E-state index contributed by atoms with van der Waals surface area (Å²) in [5.74, 6) is -1.55. The second-order valence-electron chi connectivity index (χ2n) is 12.7. The second-order valence-corrected chi connectivity index (χ2v) is 12.7. The number of esters is 4. The largest absolute Gasteiger partial charge is 0.457 e. The van der Waals surface area contributed by atoms with E-state index < -0.39 is 22.8 Å². The molecule has 226 valence electrons. The molecule has 0 aliphatic heterocycles. The van der Waals surface area contributed by atoms with Crippen LogP contribution in [0.1, 0.15) is 139 Å². The van der Waals surface area contributed by atoms with Crippen LogP contribution >= 0.6 is 0 Å². The van der Waals surface area contributed by atoms with E-state index in [1.54, 1.807) is 0 Å². The summed E-state index contributed by atoms with van der Waals surface area (Å²) >= 11 is 0.